The second-order valence-corrected chi connectivity index (χ2v) is 10.7. The molecule has 0 aliphatic rings. The van der Waals surface area contributed by atoms with Crippen LogP contribution in [0.5, 0.6) is 0 Å². The van der Waals surface area contributed by atoms with E-state index in [2.05, 4.69) is 91.0 Å². The average Bonchev–Trinajstić information content (AvgIpc) is 3.40. The number of rotatable bonds is 3. The highest BCUT2D eigenvalue weighted by Gasteiger charge is 2.18. The van der Waals surface area contributed by atoms with Crippen molar-refractivity contribution in [3.8, 4) is 34.0 Å². The van der Waals surface area contributed by atoms with Gasteiger partial charge in [0.2, 0.25) is 0 Å². The summed E-state index contributed by atoms with van der Waals surface area (Å²) in [4.78, 5) is 15.5. The molecule has 0 atom stereocenters. The maximum Gasteiger partial charge on any atom is 0.160 e. The molecular weight excluding hydrogens is 494 g/mol. The number of benzene rings is 5. The molecule has 182 valence electrons. The van der Waals surface area contributed by atoms with Crippen LogP contribution in [0.2, 0.25) is 0 Å². The van der Waals surface area contributed by atoms with Gasteiger partial charge >= 0.3 is 0 Å². The minimum absolute atomic E-state index is 0.693. The second-order valence-electron chi connectivity index (χ2n) is 9.64. The minimum Gasteiger partial charge on any atom is -0.244 e. The summed E-state index contributed by atoms with van der Waals surface area (Å²) < 4.78 is 2.48. The lowest BCUT2D eigenvalue weighted by Crippen LogP contribution is -1.98. The summed E-state index contributed by atoms with van der Waals surface area (Å²) in [6.07, 6.45) is 0. The molecule has 0 unspecified atom stereocenters. The number of aromatic nitrogens is 3. The van der Waals surface area contributed by atoms with Gasteiger partial charge < -0.3 is 0 Å². The Kier molecular flexibility index (Phi) is 5.00. The molecule has 3 heterocycles. The van der Waals surface area contributed by atoms with Gasteiger partial charge in [-0.3, -0.25) is 0 Å². The van der Waals surface area contributed by atoms with Crippen molar-refractivity contribution >= 4 is 53.2 Å². The zero-order chi connectivity index (χ0) is 25.8. The fourth-order valence-corrected chi connectivity index (χ4v) is 6.63. The monoisotopic (exact) mass is 515 g/mol. The summed E-state index contributed by atoms with van der Waals surface area (Å²) in [5.41, 5.74) is 5.62. The van der Waals surface area contributed by atoms with Crippen molar-refractivity contribution in [3.63, 3.8) is 0 Å². The van der Waals surface area contributed by atoms with Crippen molar-refractivity contribution in [1.82, 2.24) is 15.0 Å². The van der Waals surface area contributed by atoms with Crippen molar-refractivity contribution < 1.29 is 0 Å². The summed E-state index contributed by atoms with van der Waals surface area (Å²) in [7, 11) is 0. The van der Waals surface area contributed by atoms with Gasteiger partial charge in [0, 0.05) is 37.4 Å². The van der Waals surface area contributed by atoms with E-state index in [1.165, 1.54) is 25.6 Å². The van der Waals surface area contributed by atoms with E-state index in [-0.39, 0.29) is 0 Å². The van der Waals surface area contributed by atoms with Crippen LogP contribution in [-0.2, 0) is 0 Å². The Morgan fingerprint density at radius 2 is 1.05 bits per heavy atom. The summed E-state index contributed by atoms with van der Waals surface area (Å²) in [6.45, 7) is 0. The molecule has 0 bridgehead atoms. The first-order chi connectivity index (χ1) is 19.3. The second kappa shape index (κ2) is 8.83. The predicted octanol–water partition coefficient (Wildman–Crippen LogP) is 9.55. The lowest BCUT2D eigenvalue weighted by Gasteiger charge is -2.13. The van der Waals surface area contributed by atoms with Gasteiger partial charge in [-0.25, -0.2) is 15.0 Å². The zero-order valence-electron chi connectivity index (χ0n) is 20.9. The number of fused-ring (bicyclic) bond motifs is 7. The van der Waals surface area contributed by atoms with E-state index >= 15 is 0 Å². The highest BCUT2D eigenvalue weighted by molar-refractivity contribution is 7.26. The van der Waals surface area contributed by atoms with Crippen LogP contribution in [0.3, 0.4) is 0 Å². The van der Waals surface area contributed by atoms with E-state index in [0.29, 0.717) is 5.82 Å². The Morgan fingerprint density at radius 1 is 0.436 bits per heavy atom. The zero-order valence-corrected chi connectivity index (χ0v) is 21.7. The van der Waals surface area contributed by atoms with Crippen molar-refractivity contribution in [1.29, 1.82) is 0 Å². The Hall–Kier alpha value is -4.93. The molecular formula is C35H21N3S. The van der Waals surface area contributed by atoms with Crippen LogP contribution in [0.25, 0.3) is 75.9 Å². The van der Waals surface area contributed by atoms with Crippen LogP contribution in [0.1, 0.15) is 0 Å². The number of nitrogens with zero attached hydrogens (tertiary/aromatic N) is 3. The van der Waals surface area contributed by atoms with Crippen molar-refractivity contribution in [3.05, 3.63) is 127 Å². The van der Waals surface area contributed by atoms with Gasteiger partial charge in [-0.1, -0.05) is 115 Å². The normalized spacial score (nSPS) is 11.6. The summed E-state index contributed by atoms with van der Waals surface area (Å²) >= 11 is 1.81. The van der Waals surface area contributed by atoms with Crippen LogP contribution in [-0.4, -0.2) is 15.0 Å². The number of hydrogen-bond donors (Lipinski definition) is 0. The van der Waals surface area contributed by atoms with Gasteiger partial charge in [-0.05, 0) is 17.5 Å². The Bertz CT molecular complexity index is 2110. The smallest absolute Gasteiger partial charge is 0.160 e. The Morgan fingerprint density at radius 3 is 1.85 bits per heavy atom. The molecule has 4 heteroatoms. The summed E-state index contributed by atoms with van der Waals surface area (Å²) in [6, 6.07) is 44.1. The first kappa shape index (κ1) is 22.1. The fraction of sp³-hybridized carbons (Fsp3) is 0. The molecule has 0 amide bonds. The molecule has 0 aliphatic heterocycles. The van der Waals surface area contributed by atoms with Crippen LogP contribution in [0.4, 0.5) is 0 Å². The highest BCUT2D eigenvalue weighted by atomic mass is 32.1. The first-order valence-electron chi connectivity index (χ1n) is 13.0. The standard InChI is InChI=1S/C35H21N3S/c1-3-11-22(12-4-1)29-21-30(37-35(36-29)23-13-5-2-6-14-23)32-26-17-8-7-15-24(26)27-19-20-28-25-16-9-10-18-31(25)39-34(28)33(27)38-32/h1-21H. The lowest BCUT2D eigenvalue weighted by molar-refractivity contribution is 1.17. The minimum atomic E-state index is 0.693. The van der Waals surface area contributed by atoms with Crippen LogP contribution in [0.15, 0.2) is 127 Å². The van der Waals surface area contributed by atoms with Gasteiger partial charge in [-0.15, -0.1) is 11.3 Å². The van der Waals surface area contributed by atoms with Crippen molar-refractivity contribution in [2.75, 3.05) is 0 Å². The molecule has 0 saturated carbocycles. The third-order valence-electron chi connectivity index (χ3n) is 7.29. The van der Waals surface area contributed by atoms with Crippen molar-refractivity contribution in [2.24, 2.45) is 0 Å². The van der Waals surface area contributed by atoms with Crippen molar-refractivity contribution in [2.45, 2.75) is 0 Å². The van der Waals surface area contributed by atoms with E-state index in [9.17, 15) is 0 Å². The van der Waals surface area contributed by atoms with E-state index in [4.69, 9.17) is 15.0 Å². The lowest BCUT2D eigenvalue weighted by atomic mass is 10.00. The van der Waals surface area contributed by atoms with E-state index < -0.39 is 0 Å². The molecule has 0 aliphatic carbocycles. The molecule has 3 aromatic heterocycles. The number of pyridine rings is 1. The SMILES string of the molecule is c1ccc(-c2cc(-c3nc4c(ccc5c6ccccc6sc54)c4ccccc34)nc(-c3ccccc3)n2)cc1. The maximum absolute atomic E-state index is 5.39. The molecule has 8 aromatic rings. The molecule has 0 saturated heterocycles. The number of thiophene rings is 1. The van der Waals surface area contributed by atoms with Gasteiger partial charge in [0.1, 0.15) is 0 Å². The molecule has 5 aromatic carbocycles. The highest BCUT2D eigenvalue weighted by Crippen LogP contribution is 2.41. The van der Waals surface area contributed by atoms with Crippen LogP contribution >= 0.6 is 11.3 Å². The molecule has 0 spiro atoms. The molecule has 8 rings (SSSR count). The van der Waals surface area contributed by atoms with E-state index in [0.717, 1.165) is 44.5 Å². The van der Waals surface area contributed by atoms with Gasteiger partial charge in [0.25, 0.3) is 0 Å². The summed E-state index contributed by atoms with van der Waals surface area (Å²) in [5, 5.41) is 5.94. The quantitative estimate of drug-likeness (QED) is 0.220. The predicted molar refractivity (Wildman–Crippen MR) is 164 cm³/mol. The molecule has 0 fully saturated rings. The largest absolute Gasteiger partial charge is 0.244 e. The molecule has 0 N–H and O–H groups in total. The first-order valence-corrected chi connectivity index (χ1v) is 13.8. The van der Waals surface area contributed by atoms with Gasteiger partial charge in [0.15, 0.2) is 5.82 Å². The maximum atomic E-state index is 5.39. The van der Waals surface area contributed by atoms with Gasteiger partial charge in [0.05, 0.1) is 27.3 Å². The van der Waals surface area contributed by atoms with E-state index in [1.807, 2.05) is 47.7 Å². The van der Waals surface area contributed by atoms with E-state index in [1.54, 1.807) is 0 Å². The Labute approximate surface area is 229 Å². The number of hydrogen-bond acceptors (Lipinski definition) is 4. The van der Waals surface area contributed by atoms with Crippen LogP contribution < -0.4 is 0 Å². The third kappa shape index (κ3) is 3.61. The summed E-state index contributed by atoms with van der Waals surface area (Å²) in [5.74, 6) is 0.693. The molecule has 0 radical (unpaired) electrons. The third-order valence-corrected chi connectivity index (χ3v) is 8.48. The topological polar surface area (TPSA) is 38.7 Å². The van der Waals surface area contributed by atoms with Gasteiger partial charge in [-0.2, -0.15) is 0 Å². The Balaban J connectivity index is 1.48. The van der Waals surface area contributed by atoms with Crippen LogP contribution in [0, 0.1) is 0 Å². The average molecular weight is 516 g/mol. The molecule has 3 nitrogen and oxygen atoms in total. The fourth-order valence-electron chi connectivity index (χ4n) is 5.44. The molecule has 39 heavy (non-hydrogen) atoms.